The predicted molar refractivity (Wildman–Crippen MR) is 47.0 cm³/mol. The number of hydrogen-bond donors (Lipinski definition) is 1. The quantitative estimate of drug-likeness (QED) is 0.432. The molecular formula is C7H6ClNO4. The Morgan fingerprint density at radius 2 is 1.77 bits per heavy atom. The van der Waals surface area contributed by atoms with Crippen LogP contribution in [0.25, 0.3) is 0 Å². The number of rotatable bonds is 1. The van der Waals surface area contributed by atoms with Crippen LogP contribution in [0.4, 0.5) is 10.5 Å². The predicted octanol–water partition coefficient (Wildman–Crippen LogP) is 2.50. The summed E-state index contributed by atoms with van der Waals surface area (Å²) in [6.45, 7) is 0. The molecule has 1 rings (SSSR count). The Morgan fingerprint density at radius 1 is 1.38 bits per heavy atom. The van der Waals surface area contributed by atoms with Gasteiger partial charge < -0.3 is 5.11 Å². The van der Waals surface area contributed by atoms with Crippen molar-refractivity contribution in [1.29, 1.82) is 0 Å². The summed E-state index contributed by atoms with van der Waals surface area (Å²) in [5.41, 5.74) is -1.22. The lowest BCUT2D eigenvalue weighted by Crippen LogP contribution is -1.84. The highest BCUT2D eigenvalue weighted by Gasteiger charge is 1.98. The molecule has 0 heterocycles. The van der Waals surface area contributed by atoms with E-state index < -0.39 is 10.4 Å². The summed E-state index contributed by atoms with van der Waals surface area (Å²) in [5.74, 6) is 0. The van der Waals surface area contributed by atoms with Gasteiger partial charge in [0.2, 0.25) is 0 Å². The van der Waals surface area contributed by atoms with Crippen LogP contribution in [0.1, 0.15) is 0 Å². The summed E-state index contributed by atoms with van der Waals surface area (Å²) < 4.78 is 0. The molecule has 0 amide bonds. The van der Waals surface area contributed by atoms with Crippen molar-refractivity contribution in [2.45, 2.75) is 0 Å². The van der Waals surface area contributed by atoms with Crippen LogP contribution in [0.15, 0.2) is 30.3 Å². The van der Waals surface area contributed by atoms with E-state index in [1.807, 2.05) is 0 Å². The number of nitro groups is 1. The molecule has 0 fully saturated rings. The highest BCUT2D eigenvalue weighted by molar-refractivity contribution is 6.60. The van der Waals surface area contributed by atoms with Crippen molar-refractivity contribution in [2.24, 2.45) is 0 Å². The van der Waals surface area contributed by atoms with E-state index in [-0.39, 0.29) is 5.69 Å². The molecule has 0 atom stereocenters. The number of hydrogen-bond acceptors (Lipinski definition) is 3. The summed E-state index contributed by atoms with van der Waals surface area (Å²) >= 11 is 4.19. The van der Waals surface area contributed by atoms with Gasteiger partial charge >= 0.3 is 5.43 Å². The molecule has 0 bridgehead atoms. The molecule has 1 aromatic rings. The number of nitro benzene ring substituents is 1. The molecule has 0 unspecified atom stereocenters. The first kappa shape index (κ1) is 11.4. The minimum atomic E-state index is -1.36. The fraction of sp³-hybridized carbons (Fsp3) is 0. The number of nitrogens with zero attached hydrogens (tertiary/aromatic N) is 1. The van der Waals surface area contributed by atoms with E-state index in [4.69, 9.17) is 9.90 Å². The van der Waals surface area contributed by atoms with Gasteiger partial charge in [0.15, 0.2) is 0 Å². The second-order valence-corrected chi connectivity index (χ2v) is 2.17. The summed E-state index contributed by atoms with van der Waals surface area (Å²) in [7, 11) is 0. The zero-order chi connectivity index (χ0) is 10.3. The molecule has 0 aromatic heterocycles. The maximum absolute atomic E-state index is 10.0. The first-order valence-electron chi connectivity index (χ1n) is 3.12. The highest BCUT2D eigenvalue weighted by atomic mass is 35.5. The topological polar surface area (TPSA) is 80.4 Å². The monoisotopic (exact) mass is 203 g/mol. The second kappa shape index (κ2) is 5.96. The molecule has 1 N–H and O–H groups in total. The molecule has 0 spiro atoms. The molecule has 0 aliphatic rings. The average molecular weight is 204 g/mol. The summed E-state index contributed by atoms with van der Waals surface area (Å²) in [4.78, 5) is 18.4. The molecule has 0 radical (unpaired) electrons. The van der Waals surface area contributed by atoms with Gasteiger partial charge in [-0.2, -0.15) is 0 Å². The zero-order valence-electron chi connectivity index (χ0n) is 6.38. The molecular weight excluding hydrogens is 198 g/mol. The number of non-ortho nitro benzene ring substituents is 1. The summed E-state index contributed by atoms with van der Waals surface area (Å²) in [6, 6.07) is 7.93. The van der Waals surface area contributed by atoms with Crippen molar-refractivity contribution >= 4 is 22.7 Å². The zero-order valence-corrected chi connectivity index (χ0v) is 7.14. The van der Waals surface area contributed by atoms with Crippen molar-refractivity contribution < 1.29 is 14.8 Å². The van der Waals surface area contributed by atoms with Crippen LogP contribution in [-0.4, -0.2) is 15.5 Å². The average Bonchev–Trinajstić information content (AvgIpc) is 2.05. The van der Waals surface area contributed by atoms with Gasteiger partial charge in [0, 0.05) is 23.7 Å². The summed E-state index contributed by atoms with van der Waals surface area (Å²) in [5, 5.41) is 17.2. The molecule has 1 aromatic carbocycles. The van der Waals surface area contributed by atoms with E-state index in [1.54, 1.807) is 18.2 Å². The van der Waals surface area contributed by atoms with Crippen LogP contribution < -0.4 is 0 Å². The van der Waals surface area contributed by atoms with Gasteiger partial charge in [-0.25, -0.2) is 4.79 Å². The first-order valence-corrected chi connectivity index (χ1v) is 3.49. The van der Waals surface area contributed by atoms with E-state index in [0.717, 1.165) is 0 Å². The lowest BCUT2D eigenvalue weighted by Gasteiger charge is -1.85. The fourth-order valence-electron chi connectivity index (χ4n) is 0.550. The van der Waals surface area contributed by atoms with Gasteiger partial charge in [0.05, 0.1) is 4.92 Å². The van der Waals surface area contributed by atoms with Crippen molar-refractivity contribution in [3.8, 4) is 0 Å². The Balaban J connectivity index is 0.000000310. The molecule has 6 heteroatoms. The lowest BCUT2D eigenvalue weighted by atomic mass is 10.3. The van der Waals surface area contributed by atoms with E-state index in [9.17, 15) is 10.1 Å². The van der Waals surface area contributed by atoms with Crippen LogP contribution in [0.2, 0.25) is 0 Å². The van der Waals surface area contributed by atoms with Crippen molar-refractivity contribution in [3.05, 3.63) is 40.4 Å². The lowest BCUT2D eigenvalue weighted by molar-refractivity contribution is -0.384. The maximum Gasteiger partial charge on any atom is 0.401 e. The van der Waals surface area contributed by atoms with Gasteiger partial charge in [-0.15, -0.1) is 0 Å². The van der Waals surface area contributed by atoms with E-state index >= 15 is 0 Å². The van der Waals surface area contributed by atoms with Gasteiger partial charge in [-0.05, 0) is 0 Å². The third kappa shape index (κ3) is 6.77. The SMILES string of the molecule is O=C(O)Cl.O=[N+]([O-])c1ccccc1. The number of carboxylic acid groups (broad SMARTS) is 1. The van der Waals surface area contributed by atoms with Crippen LogP contribution in [0, 0.1) is 10.1 Å². The van der Waals surface area contributed by atoms with Gasteiger partial charge in [0.1, 0.15) is 0 Å². The highest BCUT2D eigenvalue weighted by Crippen LogP contribution is 2.06. The van der Waals surface area contributed by atoms with E-state index in [1.165, 1.54) is 12.1 Å². The molecule has 13 heavy (non-hydrogen) atoms. The summed E-state index contributed by atoms with van der Waals surface area (Å²) in [6.07, 6.45) is 0. The number of benzene rings is 1. The number of halogens is 1. The Kier molecular flexibility index (Phi) is 5.22. The van der Waals surface area contributed by atoms with Crippen molar-refractivity contribution in [1.82, 2.24) is 0 Å². The Bertz CT molecular complexity index is 284. The largest absolute Gasteiger partial charge is 0.469 e. The first-order chi connectivity index (χ1) is 6.04. The molecule has 70 valence electrons. The van der Waals surface area contributed by atoms with Crippen LogP contribution in [0.3, 0.4) is 0 Å². The van der Waals surface area contributed by atoms with Crippen molar-refractivity contribution in [2.75, 3.05) is 0 Å². The van der Waals surface area contributed by atoms with Gasteiger partial charge in [-0.1, -0.05) is 18.2 Å². The second-order valence-electron chi connectivity index (χ2n) is 1.85. The molecule has 0 saturated carbocycles. The third-order valence-electron chi connectivity index (χ3n) is 0.967. The van der Waals surface area contributed by atoms with Gasteiger partial charge in [0.25, 0.3) is 5.69 Å². The van der Waals surface area contributed by atoms with E-state index in [0.29, 0.717) is 0 Å². The molecule has 0 saturated heterocycles. The van der Waals surface area contributed by atoms with E-state index in [2.05, 4.69) is 11.6 Å². The number of carbonyl (C=O) groups is 1. The Morgan fingerprint density at radius 3 is 2.00 bits per heavy atom. The fourth-order valence-corrected chi connectivity index (χ4v) is 0.550. The Hall–Kier alpha value is -1.62. The smallest absolute Gasteiger partial charge is 0.401 e. The standard InChI is InChI=1S/C6H5NO2.CHClO2/c8-7(9)6-4-2-1-3-5-6;2-1(3)4/h1-5H;(H,3,4). The maximum atomic E-state index is 10.0. The van der Waals surface area contributed by atoms with Gasteiger partial charge in [-0.3, -0.25) is 10.1 Å². The molecule has 5 nitrogen and oxygen atoms in total. The minimum absolute atomic E-state index is 0.137. The number of para-hydroxylation sites is 1. The minimum Gasteiger partial charge on any atom is -0.469 e. The van der Waals surface area contributed by atoms with Crippen molar-refractivity contribution in [3.63, 3.8) is 0 Å². The third-order valence-corrected chi connectivity index (χ3v) is 0.967. The molecule has 0 aliphatic carbocycles. The van der Waals surface area contributed by atoms with Crippen LogP contribution in [0.5, 0.6) is 0 Å². The van der Waals surface area contributed by atoms with Crippen LogP contribution in [-0.2, 0) is 0 Å². The van der Waals surface area contributed by atoms with Crippen LogP contribution >= 0.6 is 11.6 Å². The Labute approximate surface area is 78.7 Å². The molecule has 0 aliphatic heterocycles. The normalized spacial score (nSPS) is 8.08.